The van der Waals surface area contributed by atoms with Crippen LogP contribution in [0.5, 0.6) is 0 Å². The zero-order valence-corrected chi connectivity index (χ0v) is 19.2. The third-order valence-corrected chi connectivity index (χ3v) is 5.82. The van der Waals surface area contributed by atoms with E-state index in [9.17, 15) is 0 Å². The first kappa shape index (κ1) is 23.6. The molecule has 3 aromatic rings. The molecule has 33 heavy (non-hydrogen) atoms. The van der Waals surface area contributed by atoms with E-state index in [1.807, 2.05) is 73.7 Å². The molecule has 3 aromatic carbocycles. The zero-order valence-electron chi connectivity index (χ0n) is 19.2. The Morgan fingerprint density at radius 3 is 1.39 bits per heavy atom. The van der Waals surface area contributed by atoms with E-state index in [1.165, 1.54) is 0 Å². The maximum Gasteiger partial charge on any atom is 0.186 e. The van der Waals surface area contributed by atoms with Crippen LogP contribution >= 0.6 is 0 Å². The van der Waals surface area contributed by atoms with Crippen molar-refractivity contribution in [2.45, 2.75) is 57.5 Å². The van der Waals surface area contributed by atoms with Gasteiger partial charge in [0.25, 0.3) is 0 Å². The second-order valence-corrected chi connectivity index (χ2v) is 8.23. The molecule has 5 atom stereocenters. The maximum absolute atomic E-state index is 6.46. The normalized spacial score (nSPS) is 25.1. The van der Waals surface area contributed by atoms with Crippen LogP contribution in [0.3, 0.4) is 0 Å². The summed E-state index contributed by atoms with van der Waals surface area (Å²) < 4.78 is 31.0. The molecule has 1 saturated heterocycles. The molecule has 0 aromatic heterocycles. The van der Waals surface area contributed by atoms with Crippen LogP contribution < -0.4 is 0 Å². The Balaban J connectivity index is 1.53. The maximum atomic E-state index is 6.46. The van der Waals surface area contributed by atoms with Gasteiger partial charge in [0, 0.05) is 7.11 Å². The summed E-state index contributed by atoms with van der Waals surface area (Å²) in [6.07, 6.45) is -1.92. The molecule has 1 heterocycles. The number of ether oxygens (including phenoxy) is 5. The molecule has 1 fully saturated rings. The van der Waals surface area contributed by atoms with Crippen molar-refractivity contribution in [3.05, 3.63) is 108 Å². The Morgan fingerprint density at radius 2 is 0.970 bits per heavy atom. The molecule has 1 aliphatic rings. The SMILES string of the molecule is COC1O[C@@H](C)[C@H](OCc2ccccc2)[C@@H](OCc2ccccc2)[C@H]1OCc1ccccc1. The monoisotopic (exact) mass is 448 g/mol. The minimum atomic E-state index is -0.555. The van der Waals surface area contributed by atoms with E-state index >= 15 is 0 Å². The van der Waals surface area contributed by atoms with Crippen LogP contribution in [0.4, 0.5) is 0 Å². The molecule has 0 N–H and O–H groups in total. The van der Waals surface area contributed by atoms with Gasteiger partial charge in [-0.05, 0) is 23.6 Å². The lowest BCUT2D eigenvalue weighted by molar-refractivity contribution is -0.314. The van der Waals surface area contributed by atoms with Crippen molar-refractivity contribution in [2.75, 3.05) is 7.11 Å². The Morgan fingerprint density at radius 1 is 0.576 bits per heavy atom. The van der Waals surface area contributed by atoms with E-state index in [1.54, 1.807) is 7.11 Å². The van der Waals surface area contributed by atoms with E-state index in [0.29, 0.717) is 19.8 Å². The van der Waals surface area contributed by atoms with Crippen LogP contribution in [0.15, 0.2) is 91.0 Å². The van der Waals surface area contributed by atoms with Crippen molar-refractivity contribution in [1.82, 2.24) is 0 Å². The smallest absolute Gasteiger partial charge is 0.186 e. The van der Waals surface area contributed by atoms with Crippen LogP contribution in [0.25, 0.3) is 0 Å². The summed E-state index contributed by atoms with van der Waals surface area (Å²) in [7, 11) is 1.63. The number of benzene rings is 3. The lowest BCUT2D eigenvalue weighted by atomic mass is 9.98. The van der Waals surface area contributed by atoms with Gasteiger partial charge < -0.3 is 23.7 Å². The van der Waals surface area contributed by atoms with Crippen LogP contribution in [0.2, 0.25) is 0 Å². The van der Waals surface area contributed by atoms with Gasteiger partial charge in [0.15, 0.2) is 6.29 Å². The van der Waals surface area contributed by atoms with E-state index in [-0.39, 0.29) is 18.3 Å². The Labute approximate surface area is 196 Å². The molecule has 0 bridgehead atoms. The van der Waals surface area contributed by atoms with Gasteiger partial charge >= 0.3 is 0 Å². The van der Waals surface area contributed by atoms with Gasteiger partial charge in [-0.3, -0.25) is 0 Å². The average Bonchev–Trinajstić information content (AvgIpc) is 2.87. The number of hydrogen-bond acceptors (Lipinski definition) is 5. The van der Waals surface area contributed by atoms with Gasteiger partial charge in [-0.15, -0.1) is 0 Å². The fourth-order valence-corrected chi connectivity index (χ4v) is 4.06. The predicted octanol–water partition coefficient (Wildman–Crippen LogP) is 5.13. The first-order valence-electron chi connectivity index (χ1n) is 11.4. The molecule has 174 valence electrons. The van der Waals surface area contributed by atoms with Crippen LogP contribution in [-0.2, 0) is 43.5 Å². The second-order valence-electron chi connectivity index (χ2n) is 8.23. The zero-order chi connectivity index (χ0) is 22.9. The second kappa shape index (κ2) is 12.1. The minimum absolute atomic E-state index is 0.226. The Hall–Kier alpha value is -2.54. The topological polar surface area (TPSA) is 46.2 Å². The van der Waals surface area contributed by atoms with Gasteiger partial charge in [0.1, 0.15) is 18.3 Å². The Kier molecular flexibility index (Phi) is 8.64. The molecular formula is C28H32O5. The first-order valence-corrected chi connectivity index (χ1v) is 11.4. The number of methoxy groups -OCH3 is 1. The molecule has 4 rings (SSSR count). The summed E-state index contributed by atoms with van der Waals surface area (Å²) in [5.74, 6) is 0. The van der Waals surface area contributed by atoms with Gasteiger partial charge in [0.05, 0.1) is 25.9 Å². The van der Waals surface area contributed by atoms with Gasteiger partial charge in [0.2, 0.25) is 0 Å². The lowest BCUT2D eigenvalue weighted by Crippen LogP contribution is -2.59. The summed E-state index contributed by atoms with van der Waals surface area (Å²) >= 11 is 0. The third-order valence-electron chi connectivity index (χ3n) is 5.82. The van der Waals surface area contributed by atoms with Gasteiger partial charge in [-0.25, -0.2) is 0 Å². The third kappa shape index (κ3) is 6.50. The van der Waals surface area contributed by atoms with Crippen molar-refractivity contribution in [3.63, 3.8) is 0 Å². The molecule has 0 saturated carbocycles. The fourth-order valence-electron chi connectivity index (χ4n) is 4.06. The predicted molar refractivity (Wildman–Crippen MR) is 126 cm³/mol. The summed E-state index contributed by atoms with van der Waals surface area (Å²) in [5.41, 5.74) is 3.27. The molecule has 1 unspecified atom stereocenters. The molecule has 0 aliphatic carbocycles. The summed E-state index contributed by atoms with van der Waals surface area (Å²) in [5, 5.41) is 0. The quantitative estimate of drug-likeness (QED) is 0.430. The van der Waals surface area contributed by atoms with Gasteiger partial charge in [-0.1, -0.05) is 91.0 Å². The van der Waals surface area contributed by atoms with Crippen LogP contribution in [0, 0.1) is 0 Å². The summed E-state index contributed by atoms with van der Waals surface area (Å²) in [4.78, 5) is 0. The molecule has 5 nitrogen and oxygen atoms in total. The van der Waals surface area contributed by atoms with Crippen LogP contribution in [0.1, 0.15) is 23.6 Å². The summed E-state index contributed by atoms with van der Waals surface area (Å²) in [6.45, 7) is 3.34. The van der Waals surface area contributed by atoms with Crippen molar-refractivity contribution in [2.24, 2.45) is 0 Å². The summed E-state index contributed by atoms with van der Waals surface area (Å²) in [6, 6.07) is 30.3. The van der Waals surface area contributed by atoms with E-state index in [2.05, 4.69) is 24.3 Å². The van der Waals surface area contributed by atoms with Crippen molar-refractivity contribution in [1.29, 1.82) is 0 Å². The molecular weight excluding hydrogens is 416 g/mol. The van der Waals surface area contributed by atoms with Crippen LogP contribution in [-0.4, -0.2) is 37.8 Å². The molecule has 5 heteroatoms. The van der Waals surface area contributed by atoms with E-state index in [4.69, 9.17) is 23.7 Å². The molecule has 0 radical (unpaired) electrons. The molecule has 0 spiro atoms. The number of hydrogen-bond donors (Lipinski definition) is 0. The molecule has 1 aliphatic heterocycles. The highest BCUT2D eigenvalue weighted by molar-refractivity contribution is 5.15. The number of rotatable bonds is 10. The largest absolute Gasteiger partial charge is 0.368 e. The highest BCUT2D eigenvalue weighted by Crippen LogP contribution is 2.30. The highest BCUT2D eigenvalue weighted by Gasteiger charge is 2.47. The van der Waals surface area contributed by atoms with E-state index in [0.717, 1.165) is 16.7 Å². The van der Waals surface area contributed by atoms with Crippen molar-refractivity contribution in [3.8, 4) is 0 Å². The van der Waals surface area contributed by atoms with E-state index < -0.39 is 12.4 Å². The average molecular weight is 449 g/mol. The molecule has 0 amide bonds. The minimum Gasteiger partial charge on any atom is -0.368 e. The lowest BCUT2D eigenvalue weighted by Gasteiger charge is -2.44. The first-order chi connectivity index (χ1) is 16.2. The van der Waals surface area contributed by atoms with Crippen molar-refractivity contribution < 1.29 is 23.7 Å². The van der Waals surface area contributed by atoms with Gasteiger partial charge in [-0.2, -0.15) is 0 Å². The highest BCUT2D eigenvalue weighted by atomic mass is 16.7. The van der Waals surface area contributed by atoms with Crippen molar-refractivity contribution >= 4 is 0 Å². The fraction of sp³-hybridized carbons (Fsp3) is 0.357. The standard InChI is InChI=1S/C28H32O5/c1-21-25(30-18-22-12-6-3-7-13-22)26(31-19-23-14-8-4-9-15-23)27(28(29-2)33-21)32-20-24-16-10-5-11-17-24/h3-17,21,25-28H,18-20H2,1-2H3/t21-,25-,26+,27+,28?/m0/s1. The Bertz CT molecular complexity index is 934.